The second-order valence-electron chi connectivity index (χ2n) is 6.33. The van der Waals surface area contributed by atoms with E-state index in [2.05, 4.69) is 5.32 Å². The van der Waals surface area contributed by atoms with E-state index in [1.165, 1.54) is 29.6 Å². The van der Waals surface area contributed by atoms with Gasteiger partial charge in [-0.25, -0.2) is 8.42 Å². The Hall–Kier alpha value is -3.34. The maximum absolute atomic E-state index is 12.8. The molecule has 1 N–H and O–H groups in total. The molecule has 0 spiro atoms. The lowest BCUT2D eigenvalue weighted by atomic mass is 10.2. The number of methoxy groups -OCH3 is 1. The number of benzene rings is 2. The van der Waals surface area contributed by atoms with Gasteiger partial charge in [-0.2, -0.15) is 0 Å². The number of non-ortho nitro benzene ring substituents is 1. The van der Waals surface area contributed by atoms with Crippen LogP contribution in [0.15, 0.2) is 42.5 Å². The zero-order valence-electron chi connectivity index (χ0n) is 15.7. The molecule has 0 saturated heterocycles. The van der Waals surface area contributed by atoms with Crippen molar-refractivity contribution in [2.75, 3.05) is 29.5 Å². The average molecular weight is 421 g/mol. The fourth-order valence-corrected chi connectivity index (χ4v) is 3.92. The Morgan fingerprint density at radius 2 is 2.03 bits per heavy atom. The molecule has 11 heteroatoms. The number of nitrogens with zero attached hydrogens (tertiary/aromatic N) is 2. The van der Waals surface area contributed by atoms with Crippen LogP contribution in [0.1, 0.15) is 6.42 Å². The van der Waals surface area contributed by atoms with Crippen LogP contribution < -0.4 is 19.1 Å². The summed E-state index contributed by atoms with van der Waals surface area (Å²) < 4.78 is 36.4. The highest BCUT2D eigenvalue weighted by Crippen LogP contribution is 2.35. The summed E-state index contributed by atoms with van der Waals surface area (Å²) in [6, 6.07) is 10.3. The van der Waals surface area contributed by atoms with E-state index < -0.39 is 27.0 Å². The van der Waals surface area contributed by atoms with E-state index in [1.807, 2.05) is 0 Å². The number of hydrogen-bond acceptors (Lipinski definition) is 7. The summed E-state index contributed by atoms with van der Waals surface area (Å²) in [5.41, 5.74) is 0.252. The number of anilines is 2. The fraction of sp³-hybridized carbons (Fsp3) is 0.278. The van der Waals surface area contributed by atoms with E-state index in [-0.39, 0.29) is 35.8 Å². The maximum atomic E-state index is 12.8. The van der Waals surface area contributed by atoms with E-state index in [0.29, 0.717) is 5.69 Å². The van der Waals surface area contributed by atoms with Gasteiger partial charge in [-0.05, 0) is 18.2 Å². The molecule has 10 nitrogen and oxygen atoms in total. The minimum absolute atomic E-state index is 0.0417. The molecule has 0 aromatic heterocycles. The van der Waals surface area contributed by atoms with Crippen molar-refractivity contribution in [1.29, 1.82) is 0 Å². The molecule has 1 atom stereocenters. The number of nitro benzene ring substituents is 1. The second kappa shape index (κ2) is 7.95. The van der Waals surface area contributed by atoms with Crippen LogP contribution in [-0.4, -0.2) is 45.3 Å². The third kappa shape index (κ3) is 4.40. The monoisotopic (exact) mass is 421 g/mol. The molecule has 154 valence electrons. The van der Waals surface area contributed by atoms with Gasteiger partial charge in [0.1, 0.15) is 11.5 Å². The summed E-state index contributed by atoms with van der Waals surface area (Å²) in [4.78, 5) is 23.2. The lowest BCUT2D eigenvalue weighted by Gasteiger charge is -2.20. The van der Waals surface area contributed by atoms with E-state index in [0.717, 1.165) is 6.26 Å². The summed E-state index contributed by atoms with van der Waals surface area (Å²) in [5, 5.41) is 13.6. The first kappa shape index (κ1) is 20.4. The van der Waals surface area contributed by atoms with Crippen LogP contribution in [0.3, 0.4) is 0 Å². The molecule has 1 aliphatic heterocycles. The number of nitro groups is 1. The van der Waals surface area contributed by atoms with Crippen molar-refractivity contribution < 1.29 is 27.6 Å². The Morgan fingerprint density at radius 1 is 1.31 bits per heavy atom. The van der Waals surface area contributed by atoms with Gasteiger partial charge in [0.25, 0.3) is 11.6 Å². The fourth-order valence-electron chi connectivity index (χ4n) is 2.98. The Balaban J connectivity index is 1.88. The second-order valence-corrected chi connectivity index (χ2v) is 8.24. The van der Waals surface area contributed by atoms with E-state index in [1.54, 1.807) is 24.3 Å². The first-order valence-electron chi connectivity index (χ1n) is 8.57. The first-order chi connectivity index (χ1) is 13.7. The predicted octanol–water partition coefficient (Wildman–Crippen LogP) is 2.16. The molecule has 0 fully saturated rings. The molecule has 1 aliphatic rings. The number of hydrogen-bond donors (Lipinski definition) is 1. The van der Waals surface area contributed by atoms with Crippen LogP contribution >= 0.6 is 0 Å². The highest BCUT2D eigenvalue weighted by molar-refractivity contribution is 7.92. The van der Waals surface area contributed by atoms with Gasteiger partial charge >= 0.3 is 0 Å². The normalized spacial score (nSPS) is 16.2. The highest BCUT2D eigenvalue weighted by atomic mass is 32.2. The van der Waals surface area contributed by atoms with E-state index >= 15 is 0 Å². The molecule has 1 heterocycles. The van der Waals surface area contributed by atoms with Gasteiger partial charge in [0.05, 0.1) is 29.7 Å². The van der Waals surface area contributed by atoms with Crippen LogP contribution in [0.25, 0.3) is 0 Å². The van der Waals surface area contributed by atoms with Gasteiger partial charge in [0, 0.05) is 25.1 Å². The van der Waals surface area contributed by atoms with Crippen molar-refractivity contribution in [1.82, 2.24) is 0 Å². The minimum Gasteiger partial charge on any atom is -0.495 e. The molecule has 0 radical (unpaired) electrons. The Bertz CT molecular complexity index is 1060. The molecule has 0 saturated carbocycles. The summed E-state index contributed by atoms with van der Waals surface area (Å²) in [6.45, 7) is 0.0417. The number of nitrogens with one attached hydrogen (secondary N) is 1. The van der Waals surface area contributed by atoms with E-state index in [9.17, 15) is 23.3 Å². The van der Waals surface area contributed by atoms with Gasteiger partial charge in [-0.1, -0.05) is 12.1 Å². The third-order valence-corrected chi connectivity index (χ3v) is 5.52. The van der Waals surface area contributed by atoms with Crippen LogP contribution in [0.2, 0.25) is 0 Å². The molecule has 1 amide bonds. The number of ether oxygens (including phenoxy) is 2. The van der Waals surface area contributed by atoms with Crippen molar-refractivity contribution in [3.8, 4) is 11.5 Å². The van der Waals surface area contributed by atoms with Gasteiger partial charge in [-0.15, -0.1) is 0 Å². The standard InChI is InChI=1S/C18H19N3O7S/c1-27-15-8-7-12(21(23)24)11-13(15)19-18(22)17-9-10-20(29(2,25)26)14-5-3-4-6-16(14)28-17/h3-8,11,17H,9-10H2,1-2H3,(H,19,22)/t17-/m0/s1. The van der Waals surface area contributed by atoms with Crippen molar-refractivity contribution in [3.63, 3.8) is 0 Å². The quantitative estimate of drug-likeness (QED) is 0.579. The van der Waals surface area contributed by atoms with Crippen molar-refractivity contribution in [2.45, 2.75) is 12.5 Å². The van der Waals surface area contributed by atoms with Gasteiger partial charge in [0.15, 0.2) is 6.10 Å². The van der Waals surface area contributed by atoms with Crippen molar-refractivity contribution in [2.24, 2.45) is 0 Å². The molecule has 0 bridgehead atoms. The summed E-state index contributed by atoms with van der Waals surface area (Å²) in [5.74, 6) is -0.0775. The summed E-state index contributed by atoms with van der Waals surface area (Å²) in [7, 11) is -2.20. The molecule has 2 aromatic carbocycles. The van der Waals surface area contributed by atoms with Crippen molar-refractivity contribution >= 4 is 33.0 Å². The molecular weight excluding hydrogens is 402 g/mol. The van der Waals surface area contributed by atoms with Crippen LogP contribution in [0.5, 0.6) is 11.5 Å². The number of carbonyl (C=O) groups excluding carboxylic acids is 1. The largest absolute Gasteiger partial charge is 0.495 e. The number of amides is 1. The maximum Gasteiger partial charge on any atom is 0.271 e. The van der Waals surface area contributed by atoms with Gasteiger partial charge in [-0.3, -0.25) is 19.2 Å². The Labute approximate surface area is 167 Å². The molecule has 2 aromatic rings. The SMILES string of the molecule is COc1ccc([N+](=O)[O-])cc1NC(=O)[C@@H]1CCN(S(C)(=O)=O)c2ccccc2O1. The number of rotatable bonds is 5. The average Bonchev–Trinajstić information content (AvgIpc) is 2.87. The zero-order chi connectivity index (χ0) is 21.2. The number of fused-ring (bicyclic) bond motifs is 1. The smallest absolute Gasteiger partial charge is 0.271 e. The van der Waals surface area contributed by atoms with Gasteiger partial charge in [0.2, 0.25) is 10.0 Å². The van der Waals surface area contributed by atoms with Crippen molar-refractivity contribution in [3.05, 3.63) is 52.6 Å². The van der Waals surface area contributed by atoms with Crippen LogP contribution in [0.4, 0.5) is 17.1 Å². The molecule has 29 heavy (non-hydrogen) atoms. The number of carbonyl (C=O) groups is 1. The predicted molar refractivity (Wildman–Crippen MR) is 106 cm³/mol. The van der Waals surface area contributed by atoms with Gasteiger partial charge < -0.3 is 14.8 Å². The lowest BCUT2D eigenvalue weighted by Crippen LogP contribution is -2.36. The number of para-hydroxylation sites is 2. The van der Waals surface area contributed by atoms with Crippen LogP contribution in [0, 0.1) is 10.1 Å². The zero-order valence-corrected chi connectivity index (χ0v) is 16.5. The van der Waals surface area contributed by atoms with E-state index in [4.69, 9.17) is 9.47 Å². The molecule has 0 unspecified atom stereocenters. The topological polar surface area (TPSA) is 128 Å². The number of sulfonamides is 1. The molecule has 3 rings (SSSR count). The Kier molecular flexibility index (Phi) is 5.59. The first-order valence-corrected chi connectivity index (χ1v) is 10.4. The summed E-state index contributed by atoms with van der Waals surface area (Å²) in [6.07, 6.45) is 0.162. The highest BCUT2D eigenvalue weighted by Gasteiger charge is 2.31. The molecule has 0 aliphatic carbocycles. The van der Waals surface area contributed by atoms with Crippen LogP contribution in [-0.2, 0) is 14.8 Å². The summed E-state index contributed by atoms with van der Waals surface area (Å²) >= 11 is 0. The molecular formula is C18H19N3O7S. The Morgan fingerprint density at radius 3 is 2.69 bits per heavy atom. The minimum atomic E-state index is -3.57. The third-order valence-electron chi connectivity index (χ3n) is 4.34. The lowest BCUT2D eigenvalue weighted by molar-refractivity contribution is -0.384.